The molecule has 0 aliphatic rings. The molecule has 0 spiro atoms. The summed E-state index contributed by atoms with van der Waals surface area (Å²) in [5.74, 6) is 0.796. The fourth-order valence-electron chi connectivity index (χ4n) is 1.61. The van der Waals surface area contributed by atoms with Crippen LogP contribution in [0.2, 0.25) is 0 Å². The van der Waals surface area contributed by atoms with E-state index >= 15 is 0 Å². The van der Waals surface area contributed by atoms with E-state index in [0.29, 0.717) is 12.1 Å². The Bertz CT molecular complexity index is 257. The molecule has 0 saturated carbocycles. The third kappa shape index (κ3) is 4.76. The van der Waals surface area contributed by atoms with E-state index in [1.165, 1.54) is 17.8 Å². The van der Waals surface area contributed by atoms with Crippen LogP contribution in [0.4, 0.5) is 0 Å². The van der Waals surface area contributed by atoms with E-state index in [2.05, 4.69) is 38.0 Å². The summed E-state index contributed by atoms with van der Waals surface area (Å²) in [7, 11) is 0. The van der Waals surface area contributed by atoms with Gasteiger partial charge in [-0.15, -0.1) is 11.3 Å². The summed E-state index contributed by atoms with van der Waals surface area (Å²) in [6.07, 6.45) is 4.41. The molecule has 15 heavy (non-hydrogen) atoms. The van der Waals surface area contributed by atoms with E-state index in [0.717, 1.165) is 5.92 Å². The van der Waals surface area contributed by atoms with Crippen molar-refractivity contribution in [3.8, 4) is 0 Å². The highest BCUT2D eigenvalue weighted by Crippen LogP contribution is 2.16. The minimum Gasteiger partial charge on any atom is -0.306 e. The highest BCUT2D eigenvalue weighted by atomic mass is 32.1. The van der Waals surface area contributed by atoms with Gasteiger partial charge in [0.15, 0.2) is 0 Å². The van der Waals surface area contributed by atoms with Crippen molar-refractivity contribution < 1.29 is 0 Å². The van der Waals surface area contributed by atoms with Crippen LogP contribution in [0.15, 0.2) is 11.6 Å². The topological polar surface area (TPSA) is 24.9 Å². The highest BCUT2D eigenvalue weighted by Gasteiger charge is 2.11. The largest absolute Gasteiger partial charge is 0.306 e. The zero-order chi connectivity index (χ0) is 11.3. The van der Waals surface area contributed by atoms with E-state index in [1.807, 2.05) is 11.6 Å². The van der Waals surface area contributed by atoms with Gasteiger partial charge in [0, 0.05) is 17.6 Å². The molecule has 0 aromatic carbocycles. The second-order valence-corrected chi connectivity index (χ2v) is 5.56. The van der Waals surface area contributed by atoms with E-state index in [1.54, 1.807) is 11.3 Å². The smallest absolute Gasteiger partial charge is 0.109 e. The van der Waals surface area contributed by atoms with Crippen molar-refractivity contribution in [2.75, 3.05) is 0 Å². The van der Waals surface area contributed by atoms with Crippen LogP contribution < -0.4 is 5.32 Å². The lowest BCUT2D eigenvalue weighted by Gasteiger charge is -2.19. The molecule has 1 aromatic heterocycles. The maximum Gasteiger partial charge on any atom is 0.109 e. The maximum atomic E-state index is 4.32. The molecule has 0 radical (unpaired) electrons. The van der Waals surface area contributed by atoms with E-state index in [-0.39, 0.29) is 0 Å². The molecule has 0 fully saturated rings. The quantitative estimate of drug-likeness (QED) is 0.801. The first kappa shape index (κ1) is 12.7. The molecule has 1 rings (SSSR count). The Balaban J connectivity index is 2.28. The van der Waals surface area contributed by atoms with Crippen LogP contribution in [0.3, 0.4) is 0 Å². The van der Waals surface area contributed by atoms with Crippen molar-refractivity contribution in [1.82, 2.24) is 10.3 Å². The molecule has 0 saturated heterocycles. The van der Waals surface area contributed by atoms with Gasteiger partial charge in [-0.2, -0.15) is 0 Å². The van der Waals surface area contributed by atoms with Gasteiger partial charge in [0.2, 0.25) is 0 Å². The summed E-state index contributed by atoms with van der Waals surface area (Å²) in [4.78, 5) is 4.32. The van der Waals surface area contributed by atoms with Crippen LogP contribution in [-0.2, 0) is 0 Å². The van der Waals surface area contributed by atoms with Crippen molar-refractivity contribution in [2.24, 2.45) is 5.92 Å². The van der Waals surface area contributed by atoms with Crippen LogP contribution in [-0.4, -0.2) is 11.0 Å². The second-order valence-electron chi connectivity index (χ2n) is 4.63. The summed E-state index contributed by atoms with van der Waals surface area (Å²) in [5.41, 5.74) is 0. The van der Waals surface area contributed by atoms with Crippen molar-refractivity contribution in [3.63, 3.8) is 0 Å². The summed E-state index contributed by atoms with van der Waals surface area (Å²) >= 11 is 1.72. The third-order valence-corrected chi connectivity index (χ3v) is 3.49. The van der Waals surface area contributed by atoms with Gasteiger partial charge in [0.25, 0.3) is 0 Å². The normalized spacial score (nSPS) is 15.5. The van der Waals surface area contributed by atoms with Crippen LogP contribution in [0.1, 0.15) is 51.6 Å². The molecule has 0 bridgehead atoms. The van der Waals surface area contributed by atoms with Gasteiger partial charge < -0.3 is 5.32 Å². The molecule has 1 aromatic rings. The molecule has 0 aliphatic heterocycles. The van der Waals surface area contributed by atoms with Gasteiger partial charge in [0.1, 0.15) is 5.01 Å². The second kappa shape index (κ2) is 6.23. The Kier molecular flexibility index (Phi) is 5.26. The van der Waals surface area contributed by atoms with Gasteiger partial charge in [-0.25, -0.2) is 4.98 Å². The van der Waals surface area contributed by atoms with Crippen molar-refractivity contribution in [3.05, 3.63) is 16.6 Å². The summed E-state index contributed by atoms with van der Waals surface area (Å²) in [5, 5.41) is 6.81. The van der Waals surface area contributed by atoms with Crippen LogP contribution >= 0.6 is 11.3 Å². The SMILES string of the molecule is CC(C)CCC(C)NC(C)c1nccs1. The molecule has 2 unspecified atom stereocenters. The fraction of sp³-hybridized carbons (Fsp3) is 0.750. The van der Waals surface area contributed by atoms with Crippen molar-refractivity contribution in [2.45, 2.75) is 52.6 Å². The van der Waals surface area contributed by atoms with Gasteiger partial charge >= 0.3 is 0 Å². The first-order valence-electron chi connectivity index (χ1n) is 5.75. The Labute approximate surface area is 97.1 Å². The molecule has 0 amide bonds. The number of thiazole rings is 1. The number of aromatic nitrogens is 1. The highest BCUT2D eigenvalue weighted by molar-refractivity contribution is 7.09. The standard InChI is InChI=1S/C12H22N2S/c1-9(2)5-6-10(3)14-11(4)12-13-7-8-15-12/h7-11,14H,5-6H2,1-4H3. The van der Waals surface area contributed by atoms with Gasteiger partial charge in [-0.1, -0.05) is 13.8 Å². The number of hydrogen-bond acceptors (Lipinski definition) is 3. The monoisotopic (exact) mass is 226 g/mol. The number of rotatable bonds is 6. The fourth-order valence-corrected chi connectivity index (χ4v) is 2.27. The Hall–Kier alpha value is -0.410. The first-order chi connectivity index (χ1) is 7.09. The zero-order valence-corrected chi connectivity index (χ0v) is 11.0. The van der Waals surface area contributed by atoms with Crippen LogP contribution in [0.25, 0.3) is 0 Å². The van der Waals surface area contributed by atoms with Crippen molar-refractivity contribution in [1.29, 1.82) is 0 Å². The lowest BCUT2D eigenvalue weighted by atomic mass is 10.0. The average molecular weight is 226 g/mol. The Morgan fingerprint density at radius 2 is 2.00 bits per heavy atom. The van der Waals surface area contributed by atoms with Crippen LogP contribution in [0, 0.1) is 5.92 Å². The molecular formula is C12H22N2S. The lowest BCUT2D eigenvalue weighted by Crippen LogP contribution is -2.29. The molecule has 2 atom stereocenters. The maximum absolute atomic E-state index is 4.32. The summed E-state index contributed by atoms with van der Waals surface area (Å²) < 4.78 is 0. The first-order valence-corrected chi connectivity index (χ1v) is 6.63. The molecule has 1 heterocycles. The Morgan fingerprint density at radius 1 is 1.27 bits per heavy atom. The number of nitrogens with one attached hydrogen (secondary N) is 1. The van der Waals surface area contributed by atoms with E-state index in [4.69, 9.17) is 0 Å². The lowest BCUT2D eigenvalue weighted by molar-refractivity contribution is 0.416. The minimum absolute atomic E-state index is 0.382. The Morgan fingerprint density at radius 3 is 2.53 bits per heavy atom. The van der Waals surface area contributed by atoms with Gasteiger partial charge in [0.05, 0.1) is 6.04 Å². The molecule has 3 heteroatoms. The number of hydrogen-bond donors (Lipinski definition) is 1. The number of nitrogens with zero attached hydrogens (tertiary/aromatic N) is 1. The van der Waals surface area contributed by atoms with E-state index < -0.39 is 0 Å². The van der Waals surface area contributed by atoms with E-state index in [9.17, 15) is 0 Å². The molecule has 0 aliphatic carbocycles. The average Bonchev–Trinajstić information content (AvgIpc) is 2.67. The predicted octanol–water partition coefficient (Wildman–Crippen LogP) is 3.62. The third-order valence-electron chi connectivity index (χ3n) is 2.53. The summed E-state index contributed by atoms with van der Waals surface area (Å²) in [6.45, 7) is 8.99. The predicted molar refractivity (Wildman–Crippen MR) is 67.2 cm³/mol. The zero-order valence-electron chi connectivity index (χ0n) is 10.2. The molecular weight excluding hydrogens is 204 g/mol. The van der Waals surface area contributed by atoms with Gasteiger partial charge in [-0.05, 0) is 32.6 Å². The molecule has 86 valence electrons. The molecule has 1 N–H and O–H groups in total. The van der Waals surface area contributed by atoms with Crippen molar-refractivity contribution >= 4 is 11.3 Å². The van der Waals surface area contributed by atoms with Crippen LogP contribution in [0.5, 0.6) is 0 Å². The minimum atomic E-state index is 0.382. The summed E-state index contributed by atoms with van der Waals surface area (Å²) in [6, 6.07) is 0.957. The van der Waals surface area contributed by atoms with Gasteiger partial charge in [-0.3, -0.25) is 0 Å². The molecule has 2 nitrogen and oxygen atoms in total.